The molecule has 0 aliphatic carbocycles. The number of nitrogens with zero attached hydrogens (tertiary/aromatic N) is 3. The largest absolute Gasteiger partial charge is 0.379 e. The number of thiazole rings is 1. The zero-order valence-corrected chi connectivity index (χ0v) is 12.9. The van der Waals surface area contributed by atoms with E-state index in [1.165, 1.54) is 5.13 Å². The Morgan fingerprint density at radius 1 is 1.35 bits per heavy atom. The molecule has 2 fully saturated rings. The van der Waals surface area contributed by atoms with Crippen LogP contribution in [0.25, 0.3) is 0 Å². The Labute approximate surface area is 124 Å². The first-order valence-corrected chi connectivity index (χ1v) is 8.42. The van der Waals surface area contributed by atoms with Gasteiger partial charge in [0.1, 0.15) is 0 Å². The van der Waals surface area contributed by atoms with E-state index >= 15 is 0 Å². The minimum absolute atomic E-state index is 0.539. The standard InChI is InChI=1S/C14H24N4OS/c1-2-15-13-11-19-10-12(13)9-17-4-6-18(7-5-17)14-16-3-8-20-14/h3,8,12-13,15H,2,4-7,9-11H2,1H3. The zero-order chi connectivity index (χ0) is 13.8. The van der Waals surface area contributed by atoms with Gasteiger partial charge in [0.25, 0.3) is 0 Å². The molecule has 2 aliphatic rings. The van der Waals surface area contributed by atoms with E-state index in [1.807, 2.05) is 6.20 Å². The highest BCUT2D eigenvalue weighted by Gasteiger charge is 2.30. The number of aromatic nitrogens is 1. The zero-order valence-electron chi connectivity index (χ0n) is 12.1. The SMILES string of the molecule is CCNC1COCC1CN1CCN(c2nccs2)CC1. The lowest BCUT2D eigenvalue weighted by Gasteiger charge is -2.36. The molecule has 1 N–H and O–H groups in total. The summed E-state index contributed by atoms with van der Waals surface area (Å²) in [4.78, 5) is 9.37. The molecule has 1 aromatic rings. The molecule has 0 bridgehead atoms. The van der Waals surface area contributed by atoms with Gasteiger partial charge in [-0.05, 0) is 6.54 Å². The predicted molar refractivity (Wildman–Crippen MR) is 82.5 cm³/mol. The maximum absolute atomic E-state index is 5.64. The Kier molecular flexibility index (Phi) is 4.88. The summed E-state index contributed by atoms with van der Waals surface area (Å²) >= 11 is 1.74. The molecule has 5 nitrogen and oxygen atoms in total. The van der Waals surface area contributed by atoms with Crippen molar-refractivity contribution in [1.29, 1.82) is 0 Å². The van der Waals surface area contributed by atoms with E-state index in [1.54, 1.807) is 11.3 Å². The summed E-state index contributed by atoms with van der Waals surface area (Å²) in [5.41, 5.74) is 0. The monoisotopic (exact) mass is 296 g/mol. The van der Waals surface area contributed by atoms with Gasteiger partial charge in [-0.2, -0.15) is 0 Å². The van der Waals surface area contributed by atoms with Crippen LogP contribution in [0.5, 0.6) is 0 Å². The Balaban J connectivity index is 1.46. The van der Waals surface area contributed by atoms with Crippen molar-refractivity contribution in [3.63, 3.8) is 0 Å². The van der Waals surface area contributed by atoms with Crippen LogP contribution in [0.1, 0.15) is 6.92 Å². The van der Waals surface area contributed by atoms with Crippen LogP contribution in [0.4, 0.5) is 5.13 Å². The summed E-state index contributed by atoms with van der Waals surface area (Å²) in [7, 11) is 0. The van der Waals surface area contributed by atoms with Gasteiger partial charge in [-0.25, -0.2) is 4.98 Å². The molecule has 2 unspecified atom stereocenters. The van der Waals surface area contributed by atoms with Crippen LogP contribution < -0.4 is 10.2 Å². The van der Waals surface area contributed by atoms with Gasteiger partial charge in [0.15, 0.2) is 5.13 Å². The van der Waals surface area contributed by atoms with Crippen LogP contribution in [0.2, 0.25) is 0 Å². The fourth-order valence-electron chi connectivity index (χ4n) is 3.09. The number of piperazine rings is 1. The van der Waals surface area contributed by atoms with Crippen molar-refractivity contribution < 1.29 is 4.74 Å². The molecule has 3 rings (SSSR count). The van der Waals surface area contributed by atoms with E-state index in [0.717, 1.165) is 52.5 Å². The second-order valence-electron chi connectivity index (χ2n) is 5.56. The topological polar surface area (TPSA) is 40.6 Å². The minimum Gasteiger partial charge on any atom is -0.379 e. The molecule has 0 aromatic carbocycles. The Bertz CT molecular complexity index is 392. The molecule has 0 saturated carbocycles. The molecule has 2 aliphatic heterocycles. The van der Waals surface area contributed by atoms with Gasteiger partial charge in [-0.3, -0.25) is 4.90 Å². The lowest BCUT2D eigenvalue weighted by Crippen LogP contribution is -2.50. The van der Waals surface area contributed by atoms with Crippen molar-refractivity contribution in [2.24, 2.45) is 5.92 Å². The highest BCUT2D eigenvalue weighted by Crippen LogP contribution is 2.20. The summed E-state index contributed by atoms with van der Waals surface area (Å²) in [5.74, 6) is 0.640. The molecule has 0 amide bonds. The van der Waals surface area contributed by atoms with Gasteiger partial charge in [0.2, 0.25) is 0 Å². The molecule has 0 radical (unpaired) electrons. The summed E-state index contributed by atoms with van der Waals surface area (Å²) < 4.78 is 5.64. The first-order chi connectivity index (χ1) is 9.86. The number of anilines is 1. The third kappa shape index (κ3) is 3.31. The minimum atomic E-state index is 0.539. The van der Waals surface area contributed by atoms with Crippen LogP contribution in [0.15, 0.2) is 11.6 Å². The van der Waals surface area contributed by atoms with Crippen molar-refractivity contribution in [2.75, 3.05) is 57.4 Å². The molecular weight excluding hydrogens is 272 g/mol. The quantitative estimate of drug-likeness (QED) is 0.874. The number of ether oxygens (including phenoxy) is 1. The van der Waals surface area contributed by atoms with Crippen molar-refractivity contribution >= 4 is 16.5 Å². The van der Waals surface area contributed by atoms with E-state index in [2.05, 4.69) is 32.4 Å². The van der Waals surface area contributed by atoms with E-state index in [-0.39, 0.29) is 0 Å². The van der Waals surface area contributed by atoms with Crippen LogP contribution in [0, 0.1) is 5.92 Å². The number of hydrogen-bond donors (Lipinski definition) is 1. The highest BCUT2D eigenvalue weighted by atomic mass is 32.1. The lowest BCUT2D eigenvalue weighted by atomic mass is 10.0. The number of nitrogens with one attached hydrogen (secondary N) is 1. The van der Waals surface area contributed by atoms with Crippen LogP contribution >= 0.6 is 11.3 Å². The summed E-state index contributed by atoms with van der Waals surface area (Å²) in [5, 5.41) is 6.77. The maximum Gasteiger partial charge on any atom is 0.185 e. The van der Waals surface area contributed by atoms with Gasteiger partial charge < -0.3 is 15.0 Å². The van der Waals surface area contributed by atoms with Gasteiger partial charge in [-0.1, -0.05) is 6.92 Å². The molecule has 2 atom stereocenters. The van der Waals surface area contributed by atoms with Crippen molar-refractivity contribution in [1.82, 2.24) is 15.2 Å². The van der Waals surface area contributed by atoms with Gasteiger partial charge in [0, 0.05) is 56.3 Å². The fraction of sp³-hybridized carbons (Fsp3) is 0.786. The van der Waals surface area contributed by atoms with E-state index in [4.69, 9.17) is 4.74 Å². The first kappa shape index (κ1) is 14.3. The summed E-state index contributed by atoms with van der Waals surface area (Å²) in [6.07, 6.45) is 1.89. The molecule has 20 heavy (non-hydrogen) atoms. The molecule has 1 aromatic heterocycles. The molecule has 112 valence electrons. The van der Waals surface area contributed by atoms with Gasteiger partial charge >= 0.3 is 0 Å². The number of hydrogen-bond acceptors (Lipinski definition) is 6. The fourth-order valence-corrected chi connectivity index (χ4v) is 3.79. The molecule has 6 heteroatoms. The summed E-state index contributed by atoms with van der Waals surface area (Å²) in [6.45, 7) is 10.6. The molecular formula is C14H24N4OS. The predicted octanol–water partition coefficient (Wildman–Crippen LogP) is 0.890. The Morgan fingerprint density at radius 2 is 2.20 bits per heavy atom. The average Bonchev–Trinajstić information content (AvgIpc) is 3.13. The third-order valence-corrected chi connectivity index (χ3v) is 5.05. The molecule has 3 heterocycles. The maximum atomic E-state index is 5.64. The second kappa shape index (κ2) is 6.85. The normalized spacial score (nSPS) is 28.1. The lowest BCUT2D eigenvalue weighted by molar-refractivity contribution is 0.164. The second-order valence-corrected chi connectivity index (χ2v) is 6.44. The van der Waals surface area contributed by atoms with Crippen LogP contribution in [-0.4, -0.2) is 68.4 Å². The smallest absolute Gasteiger partial charge is 0.185 e. The van der Waals surface area contributed by atoms with Crippen molar-refractivity contribution in [2.45, 2.75) is 13.0 Å². The van der Waals surface area contributed by atoms with E-state index < -0.39 is 0 Å². The van der Waals surface area contributed by atoms with Gasteiger partial charge in [0.05, 0.1) is 13.2 Å². The Morgan fingerprint density at radius 3 is 2.90 bits per heavy atom. The van der Waals surface area contributed by atoms with Crippen LogP contribution in [0.3, 0.4) is 0 Å². The Hall–Kier alpha value is -0.690. The van der Waals surface area contributed by atoms with E-state index in [0.29, 0.717) is 12.0 Å². The third-order valence-electron chi connectivity index (χ3n) is 4.22. The highest BCUT2D eigenvalue weighted by molar-refractivity contribution is 7.13. The molecule has 0 spiro atoms. The number of rotatable bonds is 5. The summed E-state index contributed by atoms with van der Waals surface area (Å²) in [6, 6.07) is 0.539. The van der Waals surface area contributed by atoms with Gasteiger partial charge in [-0.15, -0.1) is 11.3 Å². The van der Waals surface area contributed by atoms with Crippen molar-refractivity contribution in [3.8, 4) is 0 Å². The molecule has 2 saturated heterocycles. The first-order valence-electron chi connectivity index (χ1n) is 7.54. The number of likely N-dealkylation sites (N-methyl/N-ethyl adjacent to an activating group) is 1. The van der Waals surface area contributed by atoms with Crippen LogP contribution in [-0.2, 0) is 4.74 Å². The average molecular weight is 296 g/mol. The van der Waals surface area contributed by atoms with Crippen molar-refractivity contribution in [3.05, 3.63) is 11.6 Å². The van der Waals surface area contributed by atoms with E-state index in [9.17, 15) is 0 Å².